The van der Waals surface area contributed by atoms with Crippen molar-refractivity contribution in [2.24, 2.45) is 0 Å². The summed E-state index contributed by atoms with van der Waals surface area (Å²) in [5, 5.41) is 0. The fourth-order valence-corrected chi connectivity index (χ4v) is 1.85. The normalized spacial score (nSPS) is 14.0. The van der Waals surface area contributed by atoms with Crippen LogP contribution in [0.1, 0.15) is 25.3 Å². The van der Waals surface area contributed by atoms with Crippen molar-refractivity contribution in [3.05, 3.63) is 29.8 Å². The smallest absolute Gasteiger partial charge is 0.229 e. The summed E-state index contributed by atoms with van der Waals surface area (Å²) < 4.78 is 5.07. The first kappa shape index (κ1) is 14.5. The minimum absolute atomic E-state index is 0.0611. The van der Waals surface area contributed by atoms with Crippen molar-refractivity contribution >= 4 is 11.6 Å². The first-order valence-electron chi connectivity index (χ1n) is 6.08. The topological polar surface area (TPSA) is 55.6 Å². The van der Waals surface area contributed by atoms with Gasteiger partial charge in [-0.2, -0.15) is 0 Å². The summed E-state index contributed by atoms with van der Waals surface area (Å²) in [4.78, 5) is 14.0. The molecule has 1 amide bonds. The lowest BCUT2D eigenvalue weighted by molar-refractivity contribution is -0.133. The van der Waals surface area contributed by atoms with E-state index in [1.807, 2.05) is 38.1 Å². The number of amides is 1. The summed E-state index contributed by atoms with van der Waals surface area (Å²) in [6, 6.07) is 7.52. The zero-order valence-electron chi connectivity index (χ0n) is 11.5. The number of methoxy groups -OCH3 is 1. The number of nitrogens with zero attached hydrogens (tertiary/aromatic N) is 1. The quantitative estimate of drug-likeness (QED) is 0.812. The molecular formula is C14H22N2O2. The van der Waals surface area contributed by atoms with Crippen molar-refractivity contribution < 1.29 is 9.53 Å². The van der Waals surface area contributed by atoms with E-state index in [0.29, 0.717) is 12.3 Å². The summed E-state index contributed by atoms with van der Waals surface area (Å²) in [6.45, 7) is 4.40. The fraction of sp³-hybridized carbons (Fsp3) is 0.500. The second-order valence-corrected chi connectivity index (χ2v) is 4.65. The summed E-state index contributed by atoms with van der Waals surface area (Å²) in [7, 11) is 3.44. The van der Waals surface area contributed by atoms with E-state index in [4.69, 9.17) is 10.5 Å². The molecule has 18 heavy (non-hydrogen) atoms. The summed E-state index contributed by atoms with van der Waals surface area (Å²) >= 11 is 0. The van der Waals surface area contributed by atoms with E-state index >= 15 is 0 Å². The number of carbonyl (C=O) groups is 1. The maximum absolute atomic E-state index is 12.3. The first-order valence-corrected chi connectivity index (χ1v) is 6.08. The second-order valence-electron chi connectivity index (χ2n) is 4.65. The number of ether oxygens (including phenoxy) is 1. The number of carbonyl (C=O) groups excluding carboxylic acids is 1. The Bertz CT molecular complexity index is 407. The maximum atomic E-state index is 12.3. The molecule has 0 spiro atoms. The molecular weight excluding hydrogens is 228 g/mol. The van der Waals surface area contributed by atoms with Gasteiger partial charge in [0.2, 0.25) is 5.91 Å². The third-order valence-corrected chi connectivity index (χ3v) is 3.20. The highest BCUT2D eigenvalue weighted by molar-refractivity contribution is 5.83. The number of nitrogens with two attached hydrogens (primary N) is 1. The van der Waals surface area contributed by atoms with E-state index in [-0.39, 0.29) is 17.9 Å². The predicted octanol–water partition coefficient (Wildman–Crippen LogP) is 1.87. The molecule has 4 heteroatoms. The van der Waals surface area contributed by atoms with Crippen molar-refractivity contribution in [3.63, 3.8) is 0 Å². The van der Waals surface area contributed by atoms with Gasteiger partial charge in [-0.1, -0.05) is 12.1 Å². The first-order chi connectivity index (χ1) is 8.47. The Morgan fingerprint density at radius 3 is 2.67 bits per heavy atom. The molecule has 0 aromatic heterocycles. The lowest BCUT2D eigenvalue weighted by Gasteiger charge is -2.27. The number of anilines is 1. The number of hydrogen-bond donors (Lipinski definition) is 1. The molecule has 0 heterocycles. The van der Waals surface area contributed by atoms with Crippen LogP contribution < -0.4 is 5.73 Å². The molecule has 1 aromatic carbocycles. The van der Waals surface area contributed by atoms with E-state index in [1.165, 1.54) is 0 Å². The van der Waals surface area contributed by atoms with Crippen LogP contribution in [0.3, 0.4) is 0 Å². The van der Waals surface area contributed by atoms with E-state index in [1.54, 1.807) is 19.1 Å². The van der Waals surface area contributed by atoms with Gasteiger partial charge in [0.15, 0.2) is 0 Å². The molecule has 0 bridgehead atoms. The summed E-state index contributed by atoms with van der Waals surface area (Å²) in [6.07, 6.45) is 0. The van der Waals surface area contributed by atoms with Crippen LogP contribution in [0.2, 0.25) is 0 Å². The Hall–Kier alpha value is -1.55. The van der Waals surface area contributed by atoms with Crippen LogP contribution in [-0.4, -0.2) is 37.6 Å². The fourth-order valence-electron chi connectivity index (χ4n) is 1.85. The molecule has 0 fully saturated rings. The van der Waals surface area contributed by atoms with Crippen LogP contribution >= 0.6 is 0 Å². The van der Waals surface area contributed by atoms with Gasteiger partial charge in [-0.05, 0) is 31.5 Å². The van der Waals surface area contributed by atoms with Gasteiger partial charge in [0, 0.05) is 19.8 Å². The number of nitrogen functional groups attached to an aromatic ring is 1. The van der Waals surface area contributed by atoms with Crippen molar-refractivity contribution in [2.75, 3.05) is 26.5 Å². The van der Waals surface area contributed by atoms with E-state index in [0.717, 1.165) is 5.56 Å². The Kier molecular flexibility index (Phi) is 5.16. The molecule has 0 aliphatic rings. The third-order valence-electron chi connectivity index (χ3n) is 3.20. The van der Waals surface area contributed by atoms with Gasteiger partial charge in [0.25, 0.3) is 0 Å². The molecule has 2 atom stereocenters. The largest absolute Gasteiger partial charge is 0.399 e. The van der Waals surface area contributed by atoms with Crippen LogP contribution in [0, 0.1) is 0 Å². The maximum Gasteiger partial charge on any atom is 0.229 e. The second kappa shape index (κ2) is 6.40. The molecule has 0 radical (unpaired) electrons. The van der Waals surface area contributed by atoms with E-state index < -0.39 is 0 Å². The van der Waals surface area contributed by atoms with Gasteiger partial charge in [0.1, 0.15) is 0 Å². The van der Waals surface area contributed by atoms with Gasteiger partial charge in [-0.15, -0.1) is 0 Å². The van der Waals surface area contributed by atoms with Gasteiger partial charge in [-0.25, -0.2) is 0 Å². The lowest BCUT2D eigenvalue weighted by atomic mass is 9.99. The third kappa shape index (κ3) is 3.47. The van der Waals surface area contributed by atoms with Crippen LogP contribution in [0.4, 0.5) is 5.69 Å². The lowest BCUT2D eigenvalue weighted by Crippen LogP contribution is -2.40. The minimum atomic E-state index is -0.196. The monoisotopic (exact) mass is 250 g/mol. The number of rotatable bonds is 5. The van der Waals surface area contributed by atoms with E-state index in [2.05, 4.69) is 0 Å². The molecule has 0 saturated heterocycles. The van der Waals surface area contributed by atoms with Crippen LogP contribution in [0.25, 0.3) is 0 Å². The zero-order chi connectivity index (χ0) is 13.7. The Balaban J connectivity index is 2.77. The van der Waals surface area contributed by atoms with Gasteiger partial charge in [-0.3, -0.25) is 4.79 Å². The van der Waals surface area contributed by atoms with Crippen LogP contribution in [-0.2, 0) is 9.53 Å². The number of benzene rings is 1. The van der Waals surface area contributed by atoms with Crippen LogP contribution in [0.15, 0.2) is 24.3 Å². The summed E-state index contributed by atoms with van der Waals surface area (Å²) in [5.74, 6) is -0.122. The number of likely N-dealkylation sites (N-methyl/N-ethyl adjacent to an activating group) is 1. The average molecular weight is 250 g/mol. The zero-order valence-corrected chi connectivity index (χ0v) is 11.5. The highest BCUT2D eigenvalue weighted by Crippen LogP contribution is 2.20. The van der Waals surface area contributed by atoms with Crippen molar-refractivity contribution in [1.82, 2.24) is 4.90 Å². The molecule has 0 aliphatic carbocycles. The standard InChI is InChI=1S/C14H22N2O2/c1-10(9-18-4)16(3)14(17)11(2)12-6-5-7-13(15)8-12/h5-8,10-11H,9,15H2,1-4H3. The van der Waals surface area contributed by atoms with Gasteiger partial charge < -0.3 is 15.4 Å². The molecule has 1 rings (SSSR count). The SMILES string of the molecule is COCC(C)N(C)C(=O)C(C)c1cccc(N)c1. The van der Waals surface area contributed by atoms with Gasteiger partial charge >= 0.3 is 0 Å². The summed E-state index contributed by atoms with van der Waals surface area (Å²) in [5.41, 5.74) is 7.36. The molecule has 0 aliphatic heterocycles. The highest BCUT2D eigenvalue weighted by Gasteiger charge is 2.22. The average Bonchev–Trinajstić information content (AvgIpc) is 2.36. The Morgan fingerprint density at radius 2 is 2.11 bits per heavy atom. The molecule has 1 aromatic rings. The Labute approximate surface area is 109 Å². The van der Waals surface area contributed by atoms with Crippen LogP contribution in [0.5, 0.6) is 0 Å². The van der Waals surface area contributed by atoms with Crippen molar-refractivity contribution in [2.45, 2.75) is 25.8 Å². The predicted molar refractivity (Wildman–Crippen MR) is 73.4 cm³/mol. The van der Waals surface area contributed by atoms with Crippen molar-refractivity contribution in [3.8, 4) is 0 Å². The molecule has 2 N–H and O–H groups in total. The van der Waals surface area contributed by atoms with E-state index in [9.17, 15) is 4.79 Å². The highest BCUT2D eigenvalue weighted by atomic mass is 16.5. The molecule has 100 valence electrons. The molecule has 2 unspecified atom stereocenters. The number of hydrogen-bond acceptors (Lipinski definition) is 3. The van der Waals surface area contributed by atoms with Gasteiger partial charge in [0.05, 0.1) is 18.6 Å². The molecule has 0 saturated carbocycles. The molecule has 4 nitrogen and oxygen atoms in total. The minimum Gasteiger partial charge on any atom is -0.399 e. The van der Waals surface area contributed by atoms with Crippen molar-refractivity contribution in [1.29, 1.82) is 0 Å². The Morgan fingerprint density at radius 1 is 1.44 bits per heavy atom.